The van der Waals surface area contributed by atoms with Gasteiger partial charge in [-0.2, -0.15) is 0 Å². The van der Waals surface area contributed by atoms with Gasteiger partial charge in [-0.25, -0.2) is 0 Å². The Bertz CT molecular complexity index is 1200. The lowest BCUT2D eigenvalue weighted by molar-refractivity contribution is -0.127. The molecular weight excluding hydrogens is 436 g/mol. The molecule has 2 aromatic carbocycles. The fourth-order valence-corrected chi connectivity index (χ4v) is 5.35. The van der Waals surface area contributed by atoms with Crippen molar-refractivity contribution in [2.24, 2.45) is 0 Å². The van der Waals surface area contributed by atoms with Crippen LogP contribution in [0.3, 0.4) is 0 Å². The van der Waals surface area contributed by atoms with Crippen molar-refractivity contribution in [3.8, 4) is 5.75 Å². The number of allylic oxidation sites excluding steroid dienone is 1. The average molecular weight is 473 g/mol. The molecule has 0 N–H and O–H groups in total. The minimum atomic E-state index is 0.0852. The van der Waals surface area contributed by atoms with Gasteiger partial charge < -0.3 is 14.1 Å². The summed E-state index contributed by atoms with van der Waals surface area (Å²) in [7, 11) is 0. The highest BCUT2D eigenvalue weighted by Crippen LogP contribution is 2.38. The molecule has 1 aromatic heterocycles. The Morgan fingerprint density at radius 2 is 1.83 bits per heavy atom. The molecule has 5 rings (SSSR count). The van der Waals surface area contributed by atoms with Crippen molar-refractivity contribution >= 4 is 22.4 Å². The van der Waals surface area contributed by atoms with Gasteiger partial charge in [0.15, 0.2) is 0 Å². The van der Waals surface area contributed by atoms with Crippen molar-refractivity contribution in [3.05, 3.63) is 71.0 Å². The Hall–Kier alpha value is -3.05. The monoisotopic (exact) mass is 472 g/mol. The Morgan fingerprint density at radius 3 is 2.60 bits per heavy atom. The third-order valence-corrected chi connectivity index (χ3v) is 7.37. The van der Waals surface area contributed by atoms with E-state index in [1.165, 1.54) is 29.4 Å². The molecule has 5 nitrogen and oxygen atoms in total. The molecule has 2 heterocycles. The smallest absolute Gasteiger partial charge is 0.246 e. The number of aryl methyl sites for hydroxylation is 2. The fourth-order valence-electron chi connectivity index (χ4n) is 5.35. The SMILES string of the molecule is CCOc1cc2oc3c(c2cc1/C(C)=C/C(=O)N1CCN(CCc2ccccc2)CC1)CCCC3. The van der Waals surface area contributed by atoms with Crippen LogP contribution in [0, 0.1) is 0 Å². The number of hydrogen-bond acceptors (Lipinski definition) is 4. The summed E-state index contributed by atoms with van der Waals surface area (Å²) in [6, 6.07) is 14.8. The normalized spacial score (nSPS) is 17.0. The zero-order chi connectivity index (χ0) is 24.2. The lowest BCUT2D eigenvalue weighted by Crippen LogP contribution is -2.48. The van der Waals surface area contributed by atoms with Gasteiger partial charge in [0.05, 0.1) is 6.61 Å². The van der Waals surface area contributed by atoms with E-state index in [9.17, 15) is 4.79 Å². The second kappa shape index (κ2) is 10.7. The molecule has 1 amide bonds. The third-order valence-electron chi connectivity index (χ3n) is 7.37. The molecule has 0 atom stereocenters. The second-order valence-electron chi connectivity index (χ2n) is 9.72. The zero-order valence-corrected chi connectivity index (χ0v) is 21.0. The van der Waals surface area contributed by atoms with Gasteiger partial charge in [-0.05, 0) is 56.7 Å². The molecule has 1 aliphatic heterocycles. The van der Waals surface area contributed by atoms with Crippen molar-refractivity contribution in [3.63, 3.8) is 0 Å². The molecule has 0 spiro atoms. The van der Waals surface area contributed by atoms with Crippen LogP contribution < -0.4 is 4.74 Å². The van der Waals surface area contributed by atoms with Gasteiger partial charge in [-0.3, -0.25) is 9.69 Å². The van der Waals surface area contributed by atoms with Gasteiger partial charge in [-0.15, -0.1) is 0 Å². The topological polar surface area (TPSA) is 45.9 Å². The molecule has 0 bridgehead atoms. The Kier molecular flexibility index (Phi) is 7.24. The van der Waals surface area contributed by atoms with Gasteiger partial charge >= 0.3 is 0 Å². The van der Waals surface area contributed by atoms with Crippen molar-refractivity contribution in [2.75, 3.05) is 39.3 Å². The maximum Gasteiger partial charge on any atom is 0.246 e. The molecule has 1 fully saturated rings. The summed E-state index contributed by atoms with van der Waals surface area (Å²) in [4.78, 5) is 17.6. The number of nitrogens with zero attached hydrogens (tertiary/aromatic N) is 2. The molecule has 184 valence electrons. The van der Waals surface area contributed by atoms with Crippen molar-refractivity contribution in [1.82, 2.24) is 9.80 Å². The molecule has 5 heteroatoms. The van der Waals surface area contributed by atoms with E-state index in [-0.39, 0.29) is 5.91 Å². The number of rotatable bonds is 7. The number of hydrogen-bond donors (Lipinski definition) is 0. The van der Waals surface area contributed by atoms with Crippen LogP contribution in [-0.2, 0) is 24.1 Å². The maximum atomic E-state index is 13.2. The summed E-state index contributed by atoms with van der Waals surface area (Å²) < 4.78 is 12.1. The summed E-state index contributed by atoms with van der Waals surface area (Å²) in [5, 5.41) is 1.17. The summed E-state index contributed by atoms with van der Waals surface area (Å²) in [5.74, 6) is 1.99. The van der Waals surface area contributed by atoms with E-state index in [2.05, 4.69) is 41.3 Å². The Morgan fingerprint density at radius 1 is 1.06 bits per heavy atom. The largest absolute Gasteiger partial charge is 0.493 e. The summed E-state index contributed by atoms with van der Waals surface area (Å²) >= 11 is 0. The van der Waals surface area contributed by atoms with Gasteiger partial charge in [0.25, 0.3) is 0 Å². The minimum absolute atomic E-state index is 0.0852. The maximum absolute atomic E-state index is 13.2. The lowest BCUT2D eigenvalue weighted by atomic mass is 9.94. The lowest BCUT2D eigenvalue weighted by Gasteiger charge is -2.34. The highest BCUT2D eigenvalue weighted by atomic mass is 16.5. The van der Waals surface area contributed by atoms with Crippen LogP contribution in [0.25, 0.3) is 16.5 Å². The highest BCUT2D eigenvalue weighted by Gasteiger charge is 2.22. The number of benzene rings is 2. The van der Waals surface area contributed by atoms with Gasteiger partial charge in [-0.1, -0.05) is 30.3 Å². The predicted molar refractivity (Wildman–Crippen MR) is 141 cm³/mol. The minimum Gasteiger partial charge on any atom is -0.493 e. The number of furan rings is 1. The first kappa shape index (κ1) is 23.7. The first-order valence-electron chi connectivity index (χ1n) is 13.1. The highest BCUT2D eigenvalue weighted by molar-refractivity contribution is 5.97. The summed E-state index contributed by atoms with van der Waals surface area (Å²) in [5.41, 5.74) is 5.53. The van der Waals surface area contributed by atoms with E-state index >= 15 is 0 Å². The number of amides is 1. The van der Waals surface area contributed by atoms with E-state index < -0.39 is 0 Å². The molecule has 0 unspecified atom stereocenters. The van der Waals surface area contributed by atoms with E-state index in [0.717, 1.165) is 80.2 Å². The molecule has 0 radical (unpaired) electrons. The summed E-state index contributed by atoms with van der Waals surface area (Å²) in [6.07, 6.45) is 7.30. The van der Waals surface area contributed by atoms with Gasteiger partial charge in [0.2, 0.25) is 5.91 Å². The second-order valence-corrected chi connectivity index (χ2v) is 9.72. The van der Waals surface area contributed by atoms with Crippen LogP contribution >= 0.6 is 0 Å². The van der Waals surface area contributed by atoms with Crippen LogP contribution in [0.4, 0.5) is 0 Å². The average Bonchev–Trinajstić information content (AvgIpc) is 3.25. The van der Waals surface area contributed by atoms with E-state index in [4.69, 9.17) is 9.15 Å². The van der Waals surface area contributed by atoms with Crippen LogP contribution in [0.15, 0.2) is 53.0 Å². The molecule has 1 aliphatic carbocycles. The summed E-state index contributed by atoms with van der Waals surface area (Å²) in [6.45, 7) is 8.99. The number of carbonyl (C=O) groups is 1. The molecule has 35 heavy (non-hydrogen) atoms. The van der Waals surface area contributed by atoms with Crippen molar-refractivity contribution in [1.29, 1.82) is 0 Å². The van der Waals surface area contributed by atoms with Crippen LogP contribution in [0.2, 0.25) is 0 Å². The Labute approximate surface area is 208 Å². The van der Waals surface area contributed by atoms with Crippen LogP contribution in [0.1, 0.15) is 49.1 Å². The van der Waals surface area contributed by atoms with E-state index in [1.54, 1.807) is 6.08 Å². The van der Waals surface area contributed by atoms with Crippen molar-refractivity contribution < 1.29 is 13.9 Å². The fraction of sp³-hybridized carbons (Fsp3) is 0.433. The van der Waals surface area contributed by atoms with E-state index in [0.29, 0.717) is 6.61 Å². The third kappa shape index (κ3) is 5.30. The Balaban J connectivity index is 1.27. The number of piperazine rings is 1. The number of carbonyl (C=O) groups excluding carboxylic acids is 1. The molecule has 2 aliphatic rings. The van der Waals surface area contributed by atoms with Gasteiger partial charge in [0, 0.05) is 67.8 Å². The van der Waals surface area contributed by atoms with Crippen molar-refractivity contribution in [2.45, 2.75) is 46.0 Å². The van der Waals surface area contributed by atoms with Crippen LogP contribution in [-0.4, -0.2) is 55.0 Å². The zero-order valence-electron chi connectivity index (χ0n) is 21.0. The molecular formula is C30H36N2O3. The predicted octanol–water partition coefficient (Wildman–Crippen LogP) is 5.50. The van der Waals surface area contributed by atoms with E-state index in [1.807, 2.05) is 24.8 Å². The molecule has 0 saturated carbocycles. The number of ether oxygens (including phenoxy) is 1. The first-order valence-corrected chi connectivity index (χ1v) is 13.1. The molecule has 3 aromatic rings. The number of fused-ring (bicyclic) bond motifs is 3. The van der Waals surface area contributed by atoms with Gasteiger partial charge in [0.1, 0.15) is 17.1 Å². The molecule has 1 saturated heterocycles. The quantitative estimate of drug-likeness (QED) is 0.426. The standard InChI is InChI=1S/C30H36N2O3/c1-3-34-28-21-29-26(24-11-7-8-12-27(24)35-29)20-25(28)22(2)19-30(33)32-17-15-31(16-18-32)14-13-23-9-5-4-6-10-23/h4-6,9-10,19-21H,3,7-8,11-18H2,1-2H3/b22-19+. The van der Waals surface area contributed by atoms with Crippen LogP contribution in [0.5, 0.6) is 5.75 Å². The first-order chi connectivity index (χ1) is 17.1.